The number of nitrogens with one attached hydrogen (secondary N) is 2. The zero-order valence-corrected chi connectivity index (χ0v) is 14.2. The fourth-order valence-electron chi connectivity index (χ4n) is 2.63. The number of rotatable bonds is 5. The van der Waals surface area contributed by atoms with E-state index in [9.17, 15) is 19.5 Å². The van der Waals surface area contributed by atoms with Crippen molar-refractivity contribution < 1.29 is 19.5 Å². The highest BCUT2D eigenvalue weighted by molar-refractivity contribution is 7.21. The minimum Gasteiger partial charge on any atom is -0.480 e. The number of fused-ring (bicyclic) bond motifs is 1. The van der Waals surface area contributed by atoms with Crippen LogP contribution < -0.4 is 10.6 Å². The molecule has 0 bridgehead atoms. The molecule has 0 saturated heterocycles. The molecule has 3 rings (SSSR count). The second-order valence-electron chi connectivity index (χ2n) is 5.71. The fraction of sp³-hybridized carbons (Fsp3) is 0.312. The third-order valence-electron chi connectivity index (χ3n) is 4.15. The molecule has 1 aliphatic rings. The number of carboxylic acids is 1. The van der Waals surface area contributed by atoms with Crippen molar-refractivity contribution in [2.24, 2.45) is 0 Å². The van der Waals surface area contributed by atoms with Crippen molar-refractivity contribution in [1.29, 1.82) is 0 Å². The van der Waals surface area contributed by atoms with Gasteiger partial charge >= 0.3 is 5.97 Å². The largest absolute Gasteiger partial charge is 0.480 e. The molecule has 1 aliphatic carbocycles. The molecule has 1 heterocycles. The Morgan fingerprint density at radius 3 is 2.54 bits per heavy atom. The lowest BCUT2D eigenvalue weighted by molar-refractivity contribution is -0.151. The van der Waals surface area contributed by atoms with E-state index in [1.165, 1.54) is 11.3 Å². The topological polar surface area (TPSA) is 95.5 Å². The summed E-state index contributed by atoms with van der Waals surface area (Å²) in [6.07, 6.45) is 1.57. The van der Waals surface area contributed by atoms with Gasteiger partial charge in [0, 0.05) is 10.1 Å². The number of halogens is 1. The summed E-state index contributed by atoms with van der Waals surface area (Å²) in [5.41, 5.74) is -1.18. The van der Waals surface area contributed by atoms with E-state index >= 15 is 0 Å². The SMILES string of the molecule is O=C(CNC(=O)c1sc2ccccc2c1Cl)NC1(C(=O)O)CCC1. The molecule has 24 heavy (non-hydrogen) atoms. The Kier molecular flexibility index (Phi) is 4.47. The van der Waals surface area contributed by atoms with E-state index in [0.29, 0.717) is 22.7 Å². The van der Waals surface area contributed by atoms with Gasteiger partial charge in [-0.25, -0.2) is 4.79 Å². The zero-order chi connectivity index (χ0) is 17.3. The summed E-state index contributed by atoms with van der Waals surface area (Å²) in [4.78, 5) is 35.7. The Morgan fingerprint density at radius 1 is 1.25 bits per heavy atom. The molecule has 1 fully saturated rings. The molecular weight excluding hydrogens is 352 g/mol. The number of thiophene rings is 1. The summed E-state index contributed by atoms with van der Waals surface area (Å²) in [6.45, 7) is -0.293. The van der Waals surface area contributed by atoms with Crippen molar-refractivity contribution in [3.63, 3.8) is 0 Å². The second-order valence-corrected chi connectivity index (χ2v) is 7.14. The molecule has 126 valence electrons. The molecular formula is C16H15ClN2O4S. The van der Waals surface area contributed by atoms with Gasteiger partial charge in [-0.2, -0.15) is 0 Å². The third kappa shape index (κ3) is 2.97. The maximum absolute atomic E-state index is 12.2. The molecule has 3 N–H and O–H groups in total. The van der Waals surface area contributed by atoms with Crippen molar-refractivity contribution in [2.75, 3.05) is 6.54 Å². The van der Waals surface area contributed by atoms with Crippen LogP contribution in [0.15, 0.2) is 24.3 Å². The van der Waals surface area contributed by atoms with E-state index in [2.05, 4.69) is 10.6 Å². The number of benzene rings is 1. The van der Waals surface area contributed by atoms with Gasteiger partial charge < -0.3 is 15.7 Å². The van der Waals surface area contributed by atoms with Gasteiger partial charge in [0.05, 0.1) is 11.6 Å². The maximum atomic E-state index is 12.2. The number of amides is 2. The van der Waals surface area contributed by atoms with Crippen LogP contribution in [0.5, 0.6) is 0 Å². The highest BCUT2D eigenvalue weighted by Gasteiger charge is 2.45. The number of carbonyl (C=O) groups is 3. The van der Waals surface area contributed by atoms with Crippen LogP contribution in [-0.2, 0) is 9.59 Å². The second kappa shape index (κ2) is 6.41. The average Bonchev–Trinajstić information content (AvgIpc) is 2.86. The van der Waals surface area contributed by atoms with Gasteiger partial charge in [-0.1, -0.05) is 29.8 Å². The van der Waals surface area contributed by atoms with Gasteiger partial charge in [0.2, 0.25) is 5.91 Å². The quantitative estimate of drug-likeness (QED) is 0.757. The molecule has 0 spiro atoms. The predicted molar refractivity (Wildman–Crippen MR) is 91.5 cm³/mol. The van der Waals surface area contributed by atoms with Crippen LogP contribution in [-0.4, -0.2) is 35.0 Å². The van der Waals surface area contributed by atoms with Crippen LogP contribution in [0.4, 0.5) is 0 Å². The van der Waals surface area contributed by atoms with E-state index in [-0.39, 0.29) is 6.54 Å². The van der Waals surface area contributed by atoms with Crippen molar-refractivity contribution in [3.8, 4) is 0 Å². The molecule has 0 unspecified atom stereocenters. The van der Waals surface area contributed by atoms with E-state index < -0.39 is 23.3 Å². The number of carboxylic acid groups (broad SMARTS) is 1. The van der Waals surface area contributed by atoms with Crippen molar-refractivity contribution >= 4 is 50.8 Å². The molecule has 1 aromatic heterocycles. The summed E-state index contributed by atoms with van der Waals surface area (Å²) in [5, 5.41) is 15.3. The highest BCUT2D eigenvalue weighted by Crippen LogP contribution is 2.35. The van der Waals surface area contributed by atoms with Crippen LogP contribution in [0.1, 0.15) is 28.9 Å². The minimum atomic E-state index is -1.18. The molecule has 6 nitrogen and oxygen atoms in total. The normalized spacial score (nSPS) is 15.5. The summed E-state index contributed by atoms with van der Waals surface area (Å²) in [7, 11) is 0. The number of aliphatic carboxylic acids is 1. The minimum absolute atomic E-state index is 0.293. The molecule has 2 aromatic rings. The van der Waals surface area contributed by atoms with Crippen molar-refractivity contribution in [1.82, 2.24) is 10.6 Å². The van der Waals surface area contributed by atoms with E-state index in [1.807, 2.05) is 24.3 Å². The number of hydrogen-bond acceptors (Lipinski definition) is 4. The molecule has 2 amide bonds. The number of hydrogen-bond donors (Lipinski definition) is 3. The van der Waals surface area contributed by atoms with Crippen molar-refractivity contribution in [2.45, 2.75) is 24.8 Å². The predicted octanol–water partition coefficient (Wildman–Crippen LogP) is 2.41. The maximum Gasteiger partial charge on any atom is 0.329 e. The first-order valence-electron chi connectivity index (χ1n) is 7.42. The Morgan fingerprint density at radius 2 is 1.96 bits per heavy atom. The molecule has 0 radical (unpaired) electrons. The smallest absolute Gasteiger partial charge is 0.329 e. The Hall–Kier alpha value is -2.12. The number of carbonyl (C=O) groups excluding carboxylic acids is 2. The van der Waals surface area contributed by atoms with Gasteiger partial charge in [-0.05, 0) is 25.3 Å². The van der Waals surface area contributed by atoms with Gasteiger partial charge in [-0.15, -0.1) is 11.3 Å². The summed E-state index contributed by atoms with van der Waals surface area (Å²) >= 11 is 7.47. The van der Waals surface area contributed by atoms with Crippen LogP contribution >= 0.6 is 22.9 Å². The monoisotopic (exact) mass is 366 g/mol. The average molecular weight is 367 g/mol. The Balaban J connectivity index is 1.63. The lowest BCUT2D eigenvalue weighted by Gasteiger charge is -2.38. The molecule has 1 aromatic carbocycles. The fourth-order valence-corrected chi connectivity index (χ4v) is 4.07. The van der Waals surface area contributed by atoms with Gasteiger partial charge in [-0.3, -0.25) is 9.59 Å². The lowest BCUT2D eigenvalue weighted by atomic mass is 9.77. The van der Waals surface area contributed by atoms with E-state index in [4.69, 9.17) is 11.6 Å². The standard InChI is InChI=1S/C16H15ClN2O4S/c17-12-9-4-1-2-5-10(9)24-13(12)14(21)18-8-11(20)19-16(15(22)23)6-3-7-16/h1-2,4-5H,3,6-8H2,(H,18,21)(H,19,20)(H,22,23). The van der Waals surface area contributed by atoms with Crippen LogP contribution in [0.2, 0.25) is 5.02 Å². The summed E-state index contributed by atoms with van der Waals surface area (Å²) in [6, 6.07) is 7.38. The van der Waals surface area contributed by atoms with Crippen LogP contribution in [0.3, 0.4) is 0 Å². The first kappa shape index (κ1) is 16.7. The molecule has 1 saturated carbocycles. The van der Waals surface area contributed by atoms with E-state index in [0.717, 1.165) is 16.5 Å². The Labute approximate surface area is 146 Å². The van der Waals surface area contributed by atoms with E-state index in [1.54, 1.807) is 0 Å². The molecule has 8 heteroatoms. The third-order valence-corrected chi connectivity index (χ3v) is 5.82. The highest BCUT2D eigenvalue weighted by atomic mass is 35.5. The molecule has 0 aliphatic heterocycles. The van der Waals surface area contributed by atoms with Crippen LogP contribution in [0, 0.1) is 0 Å². The lowest BCUT2D eigenvalue weighted by Crippen LogP contribution is -2.60. The van der Waals surface area contributed by atoms with Crippen molar-refractivity contribution in [3.05, 3.63) is 34.2 Å². The first-order valence-corrected chi connectivity index (χ1v) is 8.62. The first-order chi connectivity index (χ1) is 11.4. The Bertz CT molecular complexity index is 829. The summed E-state index contributed by atoms with van der Waals surface area (Å²) in [5.74, 6) is -2.02. The van der Waals surface area contributed by atoms with Gasteiger partial charge in [0.15, 0.2) is 0 Å². The zero-order valence-electron chi connectivity index (χ0n) is 12.6. The summed E-state index contributed by atoms with van der Waals surface area (Å²) < 4.78 is 0.886. The van der Waals surface area contributed by atoms with Crippen LogP contribution in [0.25, 0.3) is 10.1 Å². The molecule has 0 atom stereocenters. The van der Waals surface area contributed by atoms with Gasteiger partial charge in [0.1, 0.15) is 10.4 Å². The van der Waals surface area contributed by atoms with Gasteiger partial charge in [0.25, 0.3) is 5.91 Å².